The molecule has 158 valence electrons. The predicted octanol–water partition coefficient (Wildman–Crippen LogP) is 3.76. The molecule has 0 spiro atoms. The van der Waals surface area contributed by atoms with E-state index in [1.54, 1.807) is 0 Å². The molecule has 1 N–H and O–H groups in total. The first-order valence-electron chi connectivity index (χ1n) is 9.59. The largest absolute Gasteiger partial charge is 0.490 e. The zero-order chi connectivity index (χ0) is 21.7. The number of hydrogen-bond acceptors (Lipinski definition) is 6. The molecule has 0 aromatic heterocycles. The second-order valence-electron chi connectivity index (χ2n) is 6.96. The molecule has 3 rings (SSSR count). The molecule has 2 aromatic carbocycles. The van der Waals surface area contributed by atoms with Gasteiger partial charge in [0.05, 0.1) is 0 Å². The number of carbonyl (C=O) groups excluding carboxylic acids is 2. The van der Waals surface area contributed by atoms with E-state index in [-0.39, 0.29) is 17.2 Å². The summed E-state index contributed by atoms with van der Waals surface area (Å²) in [5, 5.41) is 8.25. The number of aryl methyl sites for hydroxylation is 2. The van der Waals surface area contributed by atoms with E-state index < -0.39 is 0 Å². The Labute approximate surface area is 180 Å². The highest BCUT2D eigenvalue weighted by atomic mass is 32.2. The summed E-state index contributed by atoms with van der Waals surface area (Å²) < 4.78 is 11.7. The quantitative estimate of drug-likeness (QED) is 0.710. The number of carbonyl (C=O) groups is 2. The molecule has 0 unspecified atom stereocenters. The lowest BCUT2D eigenvalue weighted by Crippen LogP contribution is -2.25. The number of nitrogens with zero attached hydrogens (tertiary/aromatic N) is 2. The molecule has 0 fully saturated rings. The number of hydrazone groups is 1. The second-order valence-corrected chi connectivity index (χ2v) is 8.03. The van der Waals surface area contributed by atoms with E-state index in [0.717, 1.165) is 22.4 Å². The van der Waals surface area contributed by atoms with Crippen LogP contribution in [0.5, 0.6) is 11.5 Å². The van der Waals surface area contributed by atoms with Gasteiger partial charge in [-0.1, -0.05) is 36.0 Å². The molecule has 7 nitrogen and oxygen atoms in total. The number of benzene rings is 2. The van der Waals surface area contributed by atoms with Crippen LogP contribution in [0.1, 0.15) is 35.9 Å². The molecule has 1 aliphatic heterocycles. The maximum Gasteiger partial charge on any atom is 0.241 e. The Morgan fingerprint density at radius 1 is 1.10 bits per heavy atom. The molecule has 0 saturated carbocycles. The van der Waals surface area contributed by atoms with Gasteiger partial charge >= 0.3 is 0 Å². The molecule has 30 heavy (non-hydrogen) atoms. The van der Waals surface area contributed by atoms with Crippen molar-refractivity contribution < 1.29 is 19.1 Å². The van der Waals surface area contributed by atoms with Gasteiger partial charge in [0.15, 0.2) is 5.17 Å². The summed E-state index contributed by atoms with van der Waals surface area (Å²) in [6.07, 6.45) is 0. The van der Waals surface area contributed by atoms with Gasteiger partial charge in [-0.05, 0) is 48.7 Å². The van der Waals surface area contributed by atoms with Crippen LogP contribution in [0, 0.1) is 13.8 Å². The van der Waals surface area contributed by atoms with Crippen molar-refractivity contribution in [2.45, 2.75) is 33.1 Å². The lowest BCUT2D eigenvalue weighted by Gasteiger charge is -2.20. The molecule has 2 amide bonds. The summed E-state index contributed by atoms with van der Waals surface area (Å²) in [6.45, 7) is 7.69. The van der Waals surface area contributed by atoms with Crippen molar-refractivity contribution in [3.63, 3.8) is 0 Å². The first kappa shape index (κ1) is 21.7. The maximum absolute atomic E-state index is 12.0. The minimum Gasteiger partial charge on any atom is -0.490 e. The summed E-state index contributed by atoms with van der Waals surface area (Å²) in [7, 11) is 0. The lowest BCUT2D eigenvalue weighted by molar-refractivity contribution is -0.129. The Morgan fingerprint density at radius 2 is 1.87 bits per heavy atom. The van der Waals surface area contributed by atoms with Gasteiger partial charge in [-0.3, -0.25) is 9.59 Å². The summed E-state index contributed by atoms with van der Waals surface area (Å²) >= 11 is 1.31. The number of amides is 2. The highest BCUT2D eigenvalue weighted by Crippen LogP contribution is 2.39. The smallest absolute Gasteiger partial charge is 0.241 e. The molecule has 1 aliphatic rings. The number of rotatable bonds is 6. The summed E-state index contributed by atoms with van der Waals surface area (Å²) in [4.78, 5) is 23.3. The SMILES string of the molecule is CC(=O)NC1=NN(C(C)=O)[C@@H](c2cccc(OCCOc3cc(C)ccc3C)c2)S1. The van der Waals surface area contributed by atoms with Crippen LogP contribution in [-0.4, -0.2) is 35.2 Å². The van der Waals surface area contributed by atoms with E-state index in [0.29, 0.717) is 24.1 Å². The minimum atomic E-state index is -0.362. The Morgan fingerprint density at radius 3 is 2.60 bits per heavy atom. The number of ether oxygens (including phenoxy) is 2. The first-order valence-corrected chi connectivity index (χ1v) is 10.5. The van der Waals surface area contributed by atoms with Crippen molar-refractivity contribution >= 4 is 28.7 Å². The fourth-order valence-electron chi connectivity index (χ4n) is 2.91. The van der Waals surface area contributed by atoms with Crippen molar-refractivity contribution in [2.75, 3.05) is 13.2 Å². The second kappa shape index (κ2) is 9.67. The first-order chi connectivity index (χ1) is 14.3. The van der Waals surface area contributed by atoms with E-state index >= 15 is 0 Å². The van der Waals surface area contributed by atoms with E-state index in [9.17, 15) is 9.59 Å². The fourth-order valence-corrected chi connectivity index (χ4v) is 4.04. The number of hydrogen-bond donors (Lipinski definition) is 1. The van der Waals surface area contributed by atoms with Gasteiger partial charge in [0.1, 0.15) is 30.1 Å². The summed E-state index contributed by atoms with van der Waals surface area (Å²) in [5.74, 6) is 1.09. The molecular weight excluding hydrogens is 402 g/mol. The van der Waals surface area contributed by atoms with Crippen LogP contribution in [0.3, 0.4) is 0 Å². The van der Waals surface area contributed by atoms with Crippen LogP contribution in [0.4, 0.5) is 0 Å². The van der Waals surface area contributed by atoms with Gasteiger partial charge in [0.25, 0.3) is 0 Å². The molecule has 2 aromatic rings. The topological polar surface area (TPSA) is 80.2 Å². The average Bonchev–Trinajstić information content (AvgIpc) is 3.11. The standard InChI is InChI=1S/C22H25N3O4S/c1-14-8-9-15(2)20(12-14)29-11-10-28-19-7-5-6-18(13-19)21-25(17(4)27)24-22(30-21)23-16(3)26/h5-9,12-13,21H,10-11H2,1-4H3,(H,23,24,26)/t21-/m1/s1. The van der Waals surface area contributed by atoms with Crippen LogP contribution < -0.4 is 14.8 Å². The van der Waals surface area contributed by atoms with Crippen LogP contribution in [0.2, 0.25) is 0 Å². The Hall–Kier alpha value is -3.00. The van der Waals surface area contributed by atoms with Gasteiger partial charge in [-0.2, -0.15) is 0 Å². The normalized spacial score (nSPS) is 15.5. The third-order valence-corrected chi connectivity index (χ3v) is 5.45. The van der Waals surface area contributed by atoms with Crippen molar-refractivity contribution in [3.8, 4) is 11.5 Å². The van der Waals surface area contributed by atoms with E-state index in [4.69, 9.17) is 9.47 Å². The van der Waals surface area contributed by atoms with Gasteiger partial charge in [0.2, 0.25) is 11.8 Å². The monoisotopic (exact) mass is 427 g/mol. The van der Waals surface area contributed by atoms with E-state index in [1.807, 2.05) is 50.2 Å². The van der Waals surface area contributed by atoms with E-state index in [2.05, 4.69) is 16.5 Å². The van der Waals surface area contributed by atoms with Crippen molar-refractivity contribution in [1.82, 2.24) is 10.3 Å². The zero-order valence-corrected chi connectivity index (χ0v) is 18.3. The Kier molecular flexibility index (Phi) is 6.99. The number of amidine groups is 1. The molecular formula is C22H25N3O4S. The van der Waals surface area contributed by atoms with Gasteiger partial charge < -0.3 is 14.8 Å². The fraction of sp³-hybridized carbons (Fsp3) is 0.318. The van der Waals surface area contributed by atoms with Crippen LogP contribution in [0.25, 0.3) is 0 Å². The van der Waals surface area contributed by atoms with Crippen LogP contribution in [0.15, 0.2) is 47.6 Å². The third kappa shape index (κ3) is 5.54. The molecule has 0 radical (unpaired) electrons. The van der Waals surface area contributed by atoms with Crippen LogP contribution in [-0.2, 0) is 9.59 Å². The van der Waals surface area contributed by atoms with Crippen molar-refractivity contribution in [2.24, 2.45) is 5.10 Å². The van der Waals surface area contributed by atoms with Crippen molar-refractivity contribution in [1.29, 1.82) is 0 Å². The highest BCUT2D eigenvalue weighted by molar-refractivity contribution is 8.14. The van der Waals surface area contributed by atoms with Crippen LogP contribution >= 0.6 is 11.8 Å². The average molecular weight is 428 g/mol. The number of thioether (sulfide) groups is 1. The highest BCUT2D eigenvalue weighted by Gasteiger charge is 2.32. The molecule has 1 atom stereocenters. The maximum atomic E-state index is 12.0. The molecule has 0 bridgehead atoms. The Balaban J connectivity index is 1.61. The molecule has 8 heteroatoms. The zero-order valence-electron chi connectivity index (χ0n) is 17.5. The molecule has 0 saturated heterocycles. The Bertz CT molecular complexity index is 977. The summed E-state index contributed by atoms with van der Waals surface area (Å²) in [6, 6.07) is 13.6. The van der Waals surface area contributed by atoms with Gasteiger partial charge in [-0.15, -0.1) is 5.10 Å². The van der Waals surface area contributed by atoms with Gasteiger partial charge in [0, 0.05) is 13.8 Å². The summed E-state index contributed by atoms with van der Waals surface area (Å²) in [5.41, 5.74) is 3.08. The predicted molar refractivity (Wildman–Crippen MR) is 117 cm³/mol. The minimum absolute atomic E-state index is 0.207. The third-order valence-electron chi connectivity index (χ3n) is 4.35. The van der Waals surface area contributed by atoms with E-state index in [1.165, 1.54) is 30.6 Å². The van der Waals surface area contributed by atoms with Crippen molar-refractivity contribution in [3.05, 3.63) is 59.2 Å². The molecule has 0 aliphatic carbocycles. The lowest BCUT2D eigenvalue weighted by atomic mass is 10.1. The molecule has 1 heterocycles. The number of nitrogens with one attached hydrogen (secondary N) is 1. The van der Waals surface area contributed by atoms with Gasteiger partial charge in [-0.25, -0.2) is 5.01 Å².